The zero-order valence-electron chi connectivity index (χ0n) is 17.1. The van der Waals surface area contributed by atoms with Crippen molar-refractivity contribution in [3.63, 3.8) is 0 Å². The maximum atomic E-state index is 11.4. The first-order chi connectivity index (χ1) is 14.2. The highest BCUT2D eigenvalue weighted by atomic mass is 16.5. The van der Waals surface area contributed by atoms with Crippen molar-refractivity contribution in [1.29, 1.82) is 0 Å². The molecule has 2 nitrogen and oxygen atoms in total. The predicted octanol–water partition coefficient (Wildman–Crippen LogP) is 6.52. The molecular weight excluding hydrogens is 356 g/mol. The molecule has 0 atom stereocenters. The second-order valence-corrected chi connectivity index (χ2v) is 7.09. The number of aldehydes is 1. The van der Waals surface area contributed by atoms with Crippen LogP contribution in [0.4, 0.5) is 0 Å². The minimum atomic E-state index is -0.572. The van der Waals surface area contributed by atoms with E-state index in [0.29, 0.717) is 12.2 Å². The molecule has 2 aromatic carbocycles. The third-order valence-electron chi connectivity index (χ3n) is 4.85. The van der Waals surface area contributed by atoms with Gasteiger partial charge in [-0.05, 0) is 50.2 Å². The Kier molecular flexibility index (Phi) is 9.69. The molecule has 0 saturated carbocycles. The molecule has 0 unspecified atom stereocenters. The molecule has 2 aromatic rings. The molecule has 0 aliphatic rings. The lowest BCUT2D eigenvalue weighted by atomic mass is 9.90. The Bertz CT molecular complexity index is 826. The minimum Gasteiger partial charge on any atom is -0.358 e. The van der Waals surface area contributed by atoms with Crippen LogP contribution in [0.25, 0.3) is 0 Å². The van der Waals surface area contributed by atoms with Crippen LogP contribution >= 0.6 is 0 Å². The standard InChI is InChI=1S/C27H30O2/c1-3-5-12-19-27(20-13-6-4-2,29-23-24-14-8-7-9-15-24)21-18-25-16-10-11-17-26(25)22-28/h3-4,7-11,14-17,22H,1-2,5-6,12-13,19-20,23H2. The summed E-state index contributed by atoms with van der Waals surface area (Å²) in [5.74, 6) is 6.65. The van der Waals surface area contributed by atoms with Crippen molar-refractivity contribution < 1.29 is 9.53 Å². The number of benzene rings is 2. The number of hydrogen-bond acceptors (Lipinski definition) is 2. The first-order valence-electron chi connectivity index (χ1n) is 10.2. The topological polar surface area (TPSA) is 26.3 Å². The van der Waals surface area contributed by atoms with Gasteiger partial charge in [0.1, 0.15) is 5.60 Å². The molecule has 0 fully saturated rings. The molecule has 0 N–H and O–H groups in total. The summed E-state index contributed by atoms with van der Waals surface area (Å²) in [5, 5.41) is 0. The van der Waals surface area contributed by atoms with E-state index in [4.69, 9.17) is 4.74 Å². The second-order valence-electron chi connectivity index (χ2n) is 7.09. The third kappa shape index (κ3) is 7.56. The van der Waals surface area contributed by atoms with Crippen molar-refractivity contribution in [2.45, 2.75) is 50.7 Å². The maximum Gasteiger partial charge on any atom is 0.151 e. The van der Waals surface area contributed by atoms with Crippen molar-refractivity contribution in [3.05, 3.63) is 96.6 Å². The van der Waals surface area contributed by atoms with Crippen LogP contribution in [-0.2, 0) is 11.3 Å². The van der Waals surface area contributed by atoms with E-state index in [1.807, 2.05) is 48.6 Å². The summed E-state index contributed by atoms with van der Waals surface area (Å²) in [5.41, 5.74) is 1.90. The highest BCUT2D eigenvalue weighted by Gasteiger charge is 2.28. The number of unbranched alkanes of at least 4 members (excludes halogenated alkanes) is 2. The quantitative estimate of drug-likeness (QED) is 0.180. The van der Waals surface area contributed by atoms with Crippen LogP contribution in [0.15, 0.2) is 79.9 Å². The zero-order chi connectivity index (χ0) is 20.8. The number of allylic oxidation sites excluding steroid dienone is 2. The van der Waals surface area contributed by atoms with Gasteiger partial charge in [0, 0.05) is 11.1 Å². The molecule has 150 valence electrons. The summed E-state index contributed by atoms with van der Waals surface area (Å²) in [7, 11) is 0. The zero-order valence-corrected chi connectivity index (χ0v) is 17.1. The fourth-order valence-corrected chi connectivity index (χ4v) is 3.18. The van der Waals surface area contributed by atoms with Crippen molar-refractivity contribution in [2.75, 3.05) is 0 Å². The van der Waals surface area contributed by atoms with Gasteiger partial charge in [-0.15, -0.1) is 13.2 Å². The van der Waals surface area contributed by atoms with Crippen molar-refractivity contribution in [2.24, 2.45) is 0 Å². The van der Waals surface area contributed by atoms with Crippen molar-refractivity contribution in [3.8, 4) is 11.8 Å². The number of hydrogen-bond donors (Lipinski definition) is 0. The fraction of sp³-hybridized carbons (Fsp3) is 0.296. The highest BCUT2D eigenvalue weighted by Crippen LogP contribution is 2.28. The lowest BCUT2D eigenvalue weighted by molar-refractivity contribution is -0.0267. The van der Waals surface area contributed by atoms with Crippen LogP contribution in [0.1, 0.15) is 60.0 Å². The van der Waals surface area contributed by atoms with Crippen molar-refractivity contribution in [1.82, 2.24) is 0 Å². The summed E-state index contributed by atoms with van der Waals surface area (Å²) in [6.07, 6.45) is 10.1. The smallest absolute Gasteiger partial charge is 0.151 e. The molecule has 0 saturated heterocycles. The van der Waals surface area contributed by atoms with Gasteiger partial charge < -0.3 is 4.74 Å². The van der Waals surface area contributed by atoms with E-state index in [1.54, 1.807) is 6.07 Å². The Hall–Kier alpha value is -2.89. The SMILES string of the molecule is C=CCCCC(C#Cc1ccccc1C=O)(CCCC=C)OCc1ccccc1. The van der Waals surface area contributed by atoms with Crippen LogP contribution in [0.5, 0.6) is 0 Å². The molecule has 0 radical (unpaired) electrons. The lowest BCUT2D eigenvalue weighted by Crippen LogP contribution is -2.31. The number of carbonyl (C=O) groups is 1. The predicted molar refractivity (Wildman–Crippen MR) is 121 cm³/mol. The van der Waals surface area contributed by atoms with E-state index in [-0.39, 0.29) is 0 Å². The van der Waals surface area contributed by atoms with Gasteiger partial charge in [-0.3, -0.25) is 4.79 Å². The molecule has 0 bridgehead atoms. The Morgan fingerprint density at radius 2 is 1.52 bits per heavy atom. The maximum absolute atomic E-state index is 11.4. The fourth-order valence-electron chi connectivity index (χ4n) is 3.18. The van der Waals surface area contributed by atoms with Crippen LogP contribution in [0, 0.1) is 11.8 Å². The average molecular weight is 387 g/mol. The van der Waals surface area contributed by atoms with E-state index < -0.39 is 5.60 Å². The molecule has 0 aliphatic heterocycles. The largest absolute Gasteiger partial charge is 0.358 e. The molecule has 0 spiro atoms. The first-order valence-corrected chi connectivity index (χ1v) is 10.2. The molecule has 0 aliphatic carbocycles. The van der Waals surface area contributed by atoms with Crippen LogP contribution in [-0.4, -0.2) is 11.9 Å². The summed E-state index contributed by atoms with van der Waals surface area (Å²) in [6, 6.07) is 17.6. The Morgan fingerprint density at radius 1 is 0.897 bits per heavy atom. The van der Waals surface area contributed by atoms with Crippen molar-refractivity contribution >= 4 is 6.29 Å². The summed E-state index contributed by atoms with van der Waals surface area (Å²) in [4.78, 5) is 11.4. The van der Waals surface area contributed by atoms with Gasteiger partial charge in [-0.2, -0.15) is 0 Å². The molecule has 29 heavy (non-hydrogen) atoms. The second kappa shape index (κ2) is 12.5. The monoisotopic (exact) mass is 386 g/mol. The third-order valence-corrected chi connectivity index (χ3v) is 4.85. The van der Waals surface area contributed by atoms with Crippen LogP contribution < -0.4 is 0 Å². The van der Waals surface area contributed by atoms with Gasteiger partial charge in [0.2, 0.25) is 0 Å². The Morgan fingerprint density at radius 3 is 2.14 bits per heavy atom. The lowest BCUT2D eigenvalue weighted by Gasteiger charge is -2.29. The van der Waals surface area contributed by atoms with E-state index in [1.165, 1.54) is 0 Å². The van der Waals surface area contributed by atoms with Crippen LogP contribution in [0.3, 0.4) is 0 Å². The summed E-state index contributed by atoms with van der Waals surface area (Å²) >= 11 is 0. The van der Waals surface area contributed by atoms with Gasteiger partial charge >= 0.3 is 0 Å². The highest BCUT2D eigenvalue weighted by molar-refractivity contribution is 5.79. The van der Waals surface area contributed by atoms with Crippen LogP contribution in [0.2, 0.25) is 0 Å². The van der Waals surface area contributed by atoms with Gasteiger partial charge in [0.25, 0.3) is 0 Å². The number of carbonyl (C=O) groups excluding carboxylic acids is 1. The molecule has 0 heterocycles. The van der Waals surface area contributed by atoms with E-state index >= 15 is 0 Å². The number of rotatable bonds is 12. The van der Waals surface area contributed by atoms with Gasteiger partial charge in [-0.1, -0.05) is 72.5 Å². The molecule has 0 aromatic heterocycles. The van der Waals surface area contributed by atoms with Gasteiger partial charge in [0.15, 0.2) is 6.29 Å². The molecule has 2 rings (SSSR count). The minimum absolute atomic E-state index is 0.507. The number of ether oxygens (including phenoxy) is 1. The molecular formula is C27H30O2. The first kappa shape index (κ1) is 22.4. The average Bonchev–Trinajstić information content (AvgIpc) is 2.77. The van der Waals surface area contributed by atoms with Gasteiger partial charge in [0.05, 0.1) is 6.61 Å². The molecule has 2 heteroatoms. The van der Waals surface area contributed by atoms with E-state index in [2.05, 4.69) is 37.1 Å². The van der Waals surface area contributed by atoms with Gasteiger partial charge in [-0.25, -0.2) is 0 Å². The normalized spacial score (nSPS) is 10.6. The Balaban J connectivity index is 2.33. The van der Waals surface area contributed by atoms with E-state index in [9.17, 15) is 4.79 Å². The molecule has 0 amide bonds. The van der Waals surface area contributed by atoms with E-state index in [0.717, 1.165) is 55.9 Å². The summed E-state index contributed by atoms with van der Waals surface area (Å²) < 4.78 is 6.47. The summed E-state index contributed by atoms with van der Waals surface area (Å²) in [6.45, 7) is 8.18. The Labute approximate surface area is 175 Å².